The summed E-state index contributed by atoms with van der Waals surface area (Å²) in [4.78, 5) is 24.3. The van der Waals surface area contributed by atoms with E-state index in [1.165, 1.54) is 5.57 Å². The summed E-state index contributed by atoms with van der Waals surface area (Å²) >= 11 is 0. The van der Waals surface area contributed by atoms with Crippen LogP contribution in [0.2, 0.25) is 0 Å². The molecule has 3 fully saturated rings. The molecule has 0 aromatic heterocycles. The minimum absolute atomic E-state index is 0.0474. The monoisotopic (exact) mass is 344 g/mol. The van der Waals surface area contributed by atoms with Gasteiger partial charge in [0.2, 0.25) is 0 Å². The number of allylic oxidation sites excluding steroid dienone is 1. The fourth-order valence-electron chi connectivity index (χ4n) is 7.79. The van der Waals surface area contributed by atoms with Crippen LogP contribution in [0.5, 0.6) is 0 Å². The summed E-state index contributed by atoms with van der Waals surface area (Å²) in [6, 6.07) is 0. The third-order valence-electron chi connectivity index (χ3n) is 8.70. The molecule has 0 aromatic carbocycles. The van der Waals surface area contributed by atoms with Crippen molar-refractivity contribution in [2.24, 2.45) is 40.4 Å². The van der Waals surface area contributed by atoms with Gasteiger partial charge in [0.1, 0.15) is 5.78 Å². The zero-order valence-electron chi connectivity index (χ0n) is 16.0. The fourth-order valence-corrected chi connectivity index (χ4v) is 7.79. The van der Waals surface area contributed by atoms with Gasteiger partial charge in [0.05, 0.1) is 6.10 Å². The predicted molar refractivity (Wildman–Crippen MR) is 96.8 cm³/mol. The van der Waals surface area contributed by atoms with Gasteiger partial charge in [-0.3, -0.25) is 9.59 Å². The number of carbonyl (C=O) groups is 2. The Balaban J connectivity index is 1.76. The maximum absolute atomic E-state index is 12.2. The molecule has 4 rings (SSSR count). The Hall–Kier alpha value is -0.960. The summed E-state index contributed by atoms with van der Waals surface area (Å²) in [5, 5.41) is 11.2. The van der Waals surface area contributed by atoms with E-state index < -0.39 is 0 Å². The Labute approximate surface area is 151 Å². The molecule has 138 valence electrons. The molecule has 0 saturated heterocycles. The molecule has 0 radical (unpaired) electrons. The lowest BCUT2D eigenvalue weighted by atomic mass is 9.44. The van der Waals surface area contributed by atoms with Gasteiger partial charge < -0.3 is 5.11 Å². The van der Waals surface area contributed by atoms with Crippen LogP contribution in [0.4, 0.5) is 0 Å². The number of Topliss-reactive ketones (excluding diaryl/α,β-unsaturated/α-hetero) is 1. The first kappa shape index (κ1) is 17.5. The van der Waals surface area contributed by atoms with Crippen LogP contribution in [0.3, 0.4) is 0 Å². The first-order chi connectivity index (χ1) is 11.7. The molecule has 4 aliphatic carbocycles. The van der Waals surface area contributed by atoms with Crippen LogP contribution in [-0.4, -0.2) is 22.8 Å². The van der Waals surface area contributed by atoms with Gasteiger partial charge in [0.15, 0.2) is 5.78 Å². The third kappa shape index (κ3) is 2.27. The second-order valence-electron chi connectivity index (χ2n) is 9.93. The molecule has 1 N–H and O–H groups in total. The maximum Gasteiger partial charge on any atom is 0.155 e. The summed E-state index contributed by atoms with van der Waals surface area (Å²) in [5.41, 5.74) is 1.19. The number of hydrogen-bond acceptors (Lipinski definition) is 3. The average Bonchev–Trinajstić information content (AvgIpc) is 2.85. The number of fused-ring (bicyclic) bond motifs is 5. The lowest BCUT2D eigenvalue weighted by Crippen LogP contribution is -2.58. The van der Waals surface area contributed by atoms with Crippen LogP contribution in [0.1, 0.15) is 66.2 Å². The van der Waals surface area contributed by atoms with Crippen LogP contribution in [0, 0.1) is 40.4 Å². The van der Waals surface area contributed by atoms with E-state index in [0.29, 0.717) is 30.0 Å². The Bertz CT molecular complexity index is 650. The van der Waals surface area contributed by atoms with E-state index in [0.717, 1.165) is 32.1 Å². The van der Waals surface area contributed by atoms with Gasteiger partial charge in [-0.2, -0.15) is 0 Å². The molecule has 0 aromatic rings. The highest BCUT2D eigenvalue weighted by Crippen LogP contribution is 2.67. The molecule has 0 heterocycles. The van der Waals surface area contributed by atoms with E-state index >= 15 is 0 Å². The summed E-state index contributed by atoms with van der Waals surface area (Å²) in [5.74, 6) is 2.33. The number of ketones is 2. The first-order valence-electron chi connectivity index (χ1n) is 10.1. The summed E-state index contributed by atoms with van der Waals surface area (Å²) in [6.45, 7) is 8.55. The van der Waals surface area contributed by atoms with Crippen LogP contribution < -0.4 is 0 Å². The van der Waals surface area contributed by atoms with Crippen LogP contribution in [-0.2, 0) is 9.59 Å². The van der Waals surface area contributed by atoms with E-state index in [2.05, 4.69) is 20.8 Å². The Morgan fingerprint density at radius 2 is 2.00 bits per heavy atom. The topological polar surface area (TPSA) is 54.4 Å². The van der Waals surface area contributed by atoms with Crippen LogP contribution >= 0.6 is 0 Å². The molecule has 0 aliphatic heterocycles. The normalized spacial score (nSPS) is 52.0. The van der Waals surface area contributed by atoms with E-state index in [-0.39, 0.29) is 34.6 Å². The highest BCUT2D eigenvalue weighted by atomic mass is 16.3. The van der Waals surface area contributed by atoms with Crippen molar-refractivity contribution in [3.05, 3.63) is 11.6 Å². The zero-order valence-corrected chi connectivity index (χ0v) is 16.0. The van der Waals surface area contributed by atoms with Gasteiger partial charge in [-0.1, -0.05) is 26.3 Å². The van der Waals surface area contributed by atoms with Crippen molar-refractivity contribution in [1.29, 1.82) is 0 Å². The number of aliphatic hydroxyl groups excluding tert-OH is 1. The van der Waals surface area contributed by atoms with E-state index in [1.807, 2.05) is 6.08 Å². The van der Waals surface area contributed by atoms with Gasteiger partial charge >= 0.3 is 0 Å². The highest BCUT2D eigenvalue weighted by molar-refractivity contribution is 5.91. The molecule has 0 unspecified atom stereocenters. The van der Waals surface area contributed by atoms with E-state index in [4.69, 9.17) is 0 Å². The molecule has 0 bridgehead atoms. The van der Waals surface area contributed by atoms with Crippen molar-refractivity contribution in [2.45, 2.75) is 72.3 Å². The van der Waals surface area contributed by atoms with Crippen LogP contribution in [0.15, 0.2) is 11.6 Å². The maximum atomic E-state index is 12.2. The molecule has 3 heteroatoms. The van der Waals surface area contributed by atoms with Gasteiger partial charge in [0.25, 0.3) is 0 Å². The average molecular weight is 344 g/mol. The van der Waals surface area contributed by atoms with Crippen molar-refractivity contribution in [2.75, 3.05) is 0 Å². The molecular weight excluding hydrogens is 312 g/mol. The van der Waals surface area contributed by atoms with Gasteiger partial charge in [-0.05, 0) is 79.6 Å². The predicted octanol–water partition coefficient (Wildman–Crippen LogP) is 3.94. The van der Waals surface area contributed by atoms with Crippen molar-refractivity contribution >= 4 is 11.6 Å². The number of carbonyl (C=O) groups excluding carboxylic acids is 2. The van der Waals surface area contributed by atoms with Gasteiger partial charge in [-0.25, -0.2) is 0 Å². The smallest absolute Gasteiger partial charge is 0.155 e. The second kappa shape index (κ2) is 5.52. The standard InChI is InChI=1S/C22H32O3/c1-12-9-15-17-6-5-16(13(2)23)22(17,4)11-19(25)20(15)21(3)8-7-14(24)10-18(12)21/h10,12,15-17,19-20,25H,5-9,11H2,1-4H3/t12-,15+,16+,17+,19-,20+,21-,22+/m0/s1. The number of aliphatic hydroxyl groups is 1. The number of rotatable bonds is 1. The lowest BCUT2D eigenvalue weighted by molar-refractivity contribution is -0.147. The van der Waals surface area contributed by atoms with Gasteiger partial charge in [-0.15, -0.1) is 0 Å². The largest absolute Gasteiger partial charge is 0.393 e. The van der Waals surface area contributed by atoms with Crippen molar-refractivity contribution < 1.29 is 14.7 Å². The SMILES string of the molecule is CC(=O)[C@H]1CC[C@@H]2[C@H]3C[C@H](C)C4=CC(=O)CC[C@]4(C)[C@H]3[C@@H](O)C[C@]12C. The Kier molecular flexibility index (Phi) is 3.85. The van der Waals surface area contributed by atoms with Crippen molar-refractivity contribution in [1.82, 2.24) is 0 Å². The Morgan fingerprint density at radius 3 is 2.68 bits per heavy atom. The molecule has 0 spiro atoms. The summed E-state index contributed by atoms with van der Waals surface area (Å²) in [7, 11) is 0. The Morgan fingerprint density at radius 1 is 1.28 bits per heavy atom. The molecule has 25 heavy (non-hydrogen) atoms. The minimum Gasteiger partial charge on any atom is -0.393 e. The lowest BCUT2D eigenvalue weighted by Gasteiger charge is -2.61. The summed E-state index contributed by atoms with van der Waals surface area (Å²) < 4.78 is 0. The van der Waals surface area contributed by atoms with Crippen molar-refractivity contribution in [3.63, 3.8) is 0 Å². The molecule has 3 saturated carbocycles. The summed E-state index contributed by atoms with van der Waals surface area (Å²) in [6.07, 6.45) is 6.93. The van der Waals surface area contributed by atoms with Gasteiger partial charge in [0, 0.05) is 12.3 Å². The van der Waals surface area contributed by atoms with E-state index in [9.17, 15) is 14.7 Å². The molecule has 4 aliphatic rings. The second-order valence-corrected chi connectivity index (χ2v) is 9.93. The molecule has 0 amide bonds. The molecule has 8 atom stereocenters. The third-order valence-corrected chi connectivity index (χ3v) is 8.70. The van der Waals surface area contributed by atoms with Crippen molar-refractivity contribution in [3.8, 4) is 0 Å². The van der Waals surface area contributed by atoms with Crippen LogP contribution in [0.25, 0.3) is 0 Å². The molecule has 3 nitrogen and oxygen atoms in total. The quantitative estimate of drug-likeness (QED) is 0.784. The number of hydrogen-bond donors (Lipinski definition) is 1. The molecular formula is C22H32O3. The van der Waals surface area contributed by atoms with E-state index in [1.54, 1.807) is 6.92 Å². The zero-order chi connectivity index (χ0) is 18.1. The highest BCUT2D eigenvalue weighted by Gasteiger charge is 2.63. The first-order valence-corrected chi connectivity index (χ1v) is 10.1. The minimum atomic E-state index is -0.361. The fraction of sp³-hybridized carbons (Fsp3) is 0.818.